The maximum absolute atomic E-state index is 12.1. The summed E-state index contributed by atoms with van der Waals surface area (Å²) in [6.45, 7) is 4.39. The van der Waals surface area contributed by atoms with E-state index in [0.29, 0.717) is 29.9 Å². The molecular formula is C28H52N5O4PS. The fraction of sp³-hybridized carbons (Fsp3) is 0.821. The van der Waals surface area contributed by atoms with Crippen LogP contribution >= 0.6 is 20.2 Å². The van der Waals surface area contributed by atoms with E-state index in [1.165, 1.54) is 89.8 Å². The second kappa shape index (κ2) is 19.0. The van der Waals surface area contributed by atoms with Gasteiger partial charge in [-0.25, -0.2) is 15.0 Å². The smallest absolute Gasteiger partial charge is 0.354 e. The van der Waals surface area contributed by atoms with Crippen LogP contribution in [0.5, 0.6) is 0 Å². The summed E-state index contributed by atoms with van der Waals surface area (Å²) < 4.78 is 19.7. The predicted octanol–water partition coefficient (Wildman–Crippen LogP) is 7.27. The molecule has 39 heavy (non-hydrogen) atoms. The molecule has 0 aliphatic heterocycles. The number of nitrogens with two attached hydrogens (primary N) is 1. The van der Waals surface area contributed by atoms with E-state index in [4.69, 9.17) is 10.5 Å². The number of anilines is 1. The molecule has 0 fully saturated rings. The molecule has 3 atom stereocenters. The van der Waals surface area contributed by atoms with E-state index in [9.17, 15) is 14.4 Å². The second-order valence-electron chi connectivity index (χ2n) is 10.9. The van der Waals surface area contributed by atoms with Crippen molar-refractivity contribution in [1.29, 1.82) is 0 Å². The van der Waals surface area contributed by atoms with Crippen molar-refractivity contribution in [3.8, 4) is 0 Å². The summed E-state index contributed by atoms with van der Waals surface area (Å²) in [5.41, 5.74) is 6.90. The van der Waals surface area contributed by atoms with Gasteiger partial charge in [-0.1, -0.05) is 96.8 Å². The van der Waals surface area contributed by atoms with Crippen molar-refractivity contribution >= 4 is 37.2 Å². The molecule has 0 radical (unpaired) electrons. The maximum Gasteiger partial charge on any atom is 0.354 e. The monoisotopic (exact) mass is 585 g/mol. The number of hydrogen-bond donors (Lipinski definition) is 4. The molecule has 0 aliphatic rings. The van der Waals surface area contributed by atoms with Crippen molar-refractivity contribution in [2.24, 2.45) is 0 Å². The maximum atomic E-state index is 12.1. The van der Waals surface area contributed by atoms with Crippen molar-refractivity contribution in [1.82, 2.24) is 19.5 Å². The molecule has 0 amide bonds. The van der Waals surface area contributed by atoms with Crippen LogP contribution in [-0.2, 0) is 15.8 Å². The zero-order valence-corrected chi connectivity index (χ0v) is 25.9. The number of unbranched alkanes of at least 4 members (excludes halogenated alkanes) is 13. The van der Waals surface area contributed by atoms with Crippen molar-refractivity contribution in [3.63, 3.8) is 0 Å². The molecule has 11 heteroatoms. The van der Waals surface area contributed by atoms with Gasteiger partial charge >= 0.3 is 7.60 Å². The molecule has 0 spiro atoms. The lowest BCUT2D eigenvalue weighted by atomic mass is 10.0. The van der Waals surface area contributed by atoms with Crippen LogP contribution in [0, 0.1) is 0 Å². The first-order chi connectivity index (χ1) is 18.7. The summed E-state index contributed by atoms with van der Waals surface area (Å²) in [5, 5.41) is 0.104. The molecule has 2 heterocycles. The molecule has 2 rings (SSSR count). The first kappa shape index (κ1) is 34.0. The van der Waals surface area contributed by atoms with E-state index in [2.05, 4.69) is 34.5 Å². The summed E-state index contributed by atoms with van der Waals surface area (Å²) in [5.74, 6) is -0.869. The molecule has 9 nitrogen and oxygen atoms in total. The van der Waals surface area contributed by atoms with Gasteiger partial charge in [-0.05, 0) is 26.2 Å². The van der Waals surface area contributed by atoms with Gasteiger partial charge in [0.15, 0.2) is 17.3 Å². The summed E-state index contributed by atoms with van der Waals surface area (Å²) in [4.78, 5) is 32.1. The molecule has 0 saturated heterocycles. The Labute approximate surface area is 240 Å². The van der Waals surface area contributed by atoms with E-state index >= 15 is 0 Å². The number of aromatic nitrogens is 4. The Hall–Kier alpha value is -1.19. The van der Waals surface area contributed by atoms with Gasteiger partial charge in [0.1, 0.15) is 11.8 Å². The Balaban J connectivity index is 1.57. The first-order valence-corrected chi connectivity index (χ1v) is 17.2. The highest BCUT2D eigenvalue weighted by Gasteiger charge is 2.31. The predicted molar refractivity (Wildman–Crippen MR) is 163 cm³/mol. The Kier molecular flexibility index (Phi) is 16.6. The van der Waals surface area contributed by atoms with Crippen LogP contribution in [0.3, 0.4) is 0 Å². The number of rotatable bonds is 23. The average Bonchev–Trinajstić information content (AvgIpc) is 3.29. The van der Waals surface area contributed by atoms with E-state index in [1.54, 1.807) is 17.8 Å². The van der Waals surface area contributed by atoms with Crippen LogP contribution in [-0.4, -0.2) is 46.5 Å². The van der Waals surface area contributed by atoms with Gasteiger partial charge in [0, 0.05) is 5.25 Å². The number of thiol groups is 1. The number of nitrogen functional groups attached to an aromatic ring is 1. The summed E-state index contributed by atoms with van der Waals surface area (Å²) in [6, 6.07) is 0. The highest BCUT2D eigenvalue weighted by Crippen LogP contribution is 2.45. The van der Waals surface area contributed by atoms with Gasteiger partial charge in [0.25, 0.3) is 0 Å². The Morgan fingerprint density at radius 1 is 0.897 bits per heavy atom. The summed E-state index contributed by atoms with van der Waals surface area (Å²) >= 11 is 4.68. The molecule has 0 bridgehead atoms. The Bertz CT molecular complexity index is 973. The van der Waals surface area contributed by atoms with Crippen LogP contribution in [0.2, 0.25) is 0 Å². The van der Waals surface area contributed by atoms with E-state index in [0.717, 1.165) is 12.8 Å². The van der Waals surface area contributed by atoms with Crippen LogP contribution in [0.1, 0.15) is 123 Å². The van der Waals surface area contributed by atoms with Crippen LogP contribution < -0.4 is 5.73 Å². The standard InChI is InChI=1S/C28H52N5O4PS/c1-3-4-5-6-7-8-9-10-11-12-13-14-15-16-17-24(39)18-19-25(38(34,35)36)37-23(2)20-33-22-32-26-27(29)30-21-31-28(26)33/h21-25,39H,3-20H2,1-2H3,(H2,29,30,31)(H2,34,35,36)/t23-,24-,25-/m1/s1. The lowest BCUT2D eigenvalue weighted by molar-refractivity contribution is 0.0144. The van der Waals surface area contributed by atoms with Crippen LogP contribution in [0.25, 0.3) is 11.2 Å². The van der Waals surface area contributed by atoms with Crippen molar-refractivity contribution in [2.75, 3.05) is 5.73 Å². The Morgan fingerprint density at radius 3 is 2.03 bits per heavy atom. The third-order valence-electron chi connectivity index (χ3n) is 7.29. The average molecular weight is 586 g/mol. The van der Waals surface area contributed by atoms with E-state index in [-0.39, 0.29) is 11.7 Å². The van der Waals surface area contributed by atoms with E-state index in [1.807, 2.05) is 0 Å². The molecule has 0 saturated carbocycles. The summed E-state index contributed by atoms with van der Waals surface area (Å²) in [6.07, 6.45) is 22.9. The largest absolute Gasteiger partial charge is 0.382 e. The zero-order chi connectivity index (χ0) is 28.5. The van der Waals surface area contributed by atoms with Gasteiger partial charge in [-0.3, -0.25) is 4.57 Å². The zero-order valence-electron chi connectivity index (χ0n) is 24.1. The van der Waals surface area contributed by atoms with Gasteiger partial charge < -0.3 is 24.8 Å². The van der Waals surface area contributed by atoms with Crippen molar-refractivity contribution < 1.29 is 19.1 Å². The topological polar surface area (TPSA) is 136 Å². The fourth-order valence-corrected chi connectivity index (χ4v) is 6.17. The minimum Gasteiger partial charge on any atom is -0.382 e. The first-order valence-electron chi connectivity index (χ1n) is 15.0. The van der Waals surface area contributed by atoms with Gasteiger partial charge in [0.2, 0.25) is 0 Å². The molecule has 2 aromatic rings. The quantitative estimate of drug-likeness (QED) is 0.0607. The number of imidazole rings is 1. The Morgan fingerprint density at radius 2 is 1.46 bits per heavy atom. The molecule has 2 aromatic heterocycles. The lowest BCUT2D eigenvalue weighted by Gasteiger charge is -2.24. The van der Waals surface area contributed by atoms with Crippen molar-refractivity contribution in [2.45, 2.75) is 147 Å². The third kappa shape index (κ3) is 13.8. The highest BCUT2D eigenvalue weighted by molar-refractivity contribution is 7.80. The van der Waals surface area contributed by atoms with Crippen LogP contribution in [0.15, 0.2) is 12.7 Å². The van der Waals surface area contributed by atoms with Gasteiger partial charge in [-0.15, -0.1) is 0 Å². The molecule has 224 valence electrons. The SMILES string of the molecule is CCCCCCCCCCCCCCCC[C@@H](S)CC[C@H](O[C@H](C)Cn1cnc2c(N)ncnc21)P(=O)(O)O. The van der Waals surface area contributed by atoms with Crippen LogP contribution in [0.4, 0.5) is 5.82 Å². The lowest BCUT2D eigenvalue weighted by Crippen LogP contribution is -2.25. The number of ether oxygens (including phenoxy) is 1. The second-order valence-corrected chi connectivity index (χ2v) is 13.4. The number of fused-ring (bicyclic) bond motifs is 1. The summed E-state index contributed by atoms with van der Waals surface area (Å²) in [7, 11) is -4.42. The number of hydrogen-bond acceptors (Lipinski definition) is 7. The normalized spacial score (nSPS) is 14.6. The molecule has 4 N–H and O–H groups in total. The molecular weight excluding hydrogens is 533 g/mol. The van der Waals surface area contributed by atoms with Crippen molar-refractivity contribution in [3.05, 3.63) is 12.7 Å². The van der Waals surface area contributed by atoms with Gasteiger partial charge in [-0.2, -0.15) is 12.6 Å². The third-order valence-corrected chi connectivity index (χ3v) is 8.93. The van der Waals surface area contributed by atoms with E-state index < -0.39 is 19.5 Å². The molecule has 0 unspecified atom stereocenters. The molecule has 0 aliphatic carbocycles. The fourth-order valence-electron chi connectivity index (χ4n) is 4.99. The molecule has 0 aromatic carbocycles. The highest BCUT2D eigenvalue weighted by atomic mass is 32.1. The minimum absolute atomic E-state index is 0.104. The minimum atomic E-state index is -4.42. The van der Waals surface area contributed by atoms with Gasteiger partial charge in [0.05, 0.1) is 19.0 Å². The number of nitrogens with zero attached hydrogens (tertiary/aromatic N) is 4.